The molecule has 0 saturated carbocycles. The Bertz CT molecular complexity index is 872. The predicted octanol–water partition coefficient (Wildman–Crippen LogP) is 2.46. The first-order valence-electron chi connectivity index (χ1n) is 6.67. The number of nitrogens with one attached hydrogen (secondary N) is 1. The van der Waals surface area contributed by atoms with Crippen LogP contribution < -0.4 is 9.46 Å². The quantitative estimate of drug-likeness (QED) is 0.839. The van der Waals surface area contributed by atoms with Crippen molar-refractivity contribution in [2.75, 3.05) is 13.2 Å². The number of rotatable bonds is 5. The number of ether oxygens (including phenoxy) is 1. The maximum atomic E-state index is 13.3. The van der Waals surface area contributed by atoms with Gasteiger partial charge in [-0.05, 0) is 36.4 Å². The van der Waals surface area contributed by atoms with Gasteiger partial charge in [0.15, 0.2) is 11.6 Å². The molecule has 0 atom stereocenters. The Hall–Kier alpha value is -2.50. The van der Waals surface area contributed by atoms with Gasteiger partial charge in [-0.2, -0.15) is 4.72 Å². The van der Waals surface area contributed by atoms with Crippen molar-refractivity contribution in [1.82, 2.24) is 4.72 Å². The summed E-state index contributed by atoms with van der Waals surface area (Å²) in [5, 5.41) is 0. The molecule has 126 valence electrons. The minimum atomic E-state index is -3.79. The molecule has 2 aromatic carbocycles. The van der Waals surface area contributed by atoms with Gasteiger partial charge in [0.1, 0.15) is 18.2 Å². The fourth-order valence-corrected chi connectivity index (χ4v) is 2.57. The van der Waals surface area contributed by atoms with Crippen LogP contribution in [-0.2, 0) is 10.0 Å². The first-order chi connectivity index (χ1) is 11.4. The van der Waals surface area contributed by atoms with Crippen LogP contribution in [0.1, 0.15) is 0 Å². The highest BCUT2D eigenvalue weighted by molar-refractivity contribution is 7.89. The molecule has 24 heavy (non-hydrogen) atoms. The third-order valence-corrected chi connectivity index (χ3v) is 4.21. The zero-order valence-corrected chi connectivity index (χ0v) is 13.0. The lowest BCUT2D eigenvalue weighted by Gasteiger charge is -2.04. The van der Waals surface area contributed by atoms with Gasteiger partial charge in [0.05, 0.1) is 11.4 Å². The number of hydrogen-bond acceptors (Lipinski definition) is 3. The van der Waals surface area contributed by atoms with Gasteiger partial charge in [-0.1, -0.05) is 11.8 Å². The number of sulfonamides is 1. The van der Waals surface area contributed by atoms with Crippen LogP contribution in [0.2, 0.25) is 0 Å². The molecule has 0 fully saturated rings. The van der Waals surface area contributed by atoms with E-state index in [1.807, 2.05) is 0 Å². The molecule has 0 spiro atoms. The molecular weight excluding hydrogens is 343 g/mol. The van der Waals surface area contributed by atoms with Crippen molar-refractivity contribution in [2.45, 2.75) is 4.90 Å². The van der Waals surface area contributed by atoms with Gasteiger partial charge in [0.2, 0.25) is 10.0 Å². The van der Waals surface area contributed by atoms with Gasteiger partial charge in [-0.3, -0.25) is 0 Å². The lowest BCUT2D eigenvalue weighted by Crippen LogP contribution is -2.24. The molecule has 0 unspecified atom stereocenters. The standard InChI is InChI=1S/C16H12F3NO3S/c17-12-3-6-14(7-4-12)24(21,22)20-9-1-2-10-23-16-8-5-13(18)11-15(16)19/h3-8,11,20H,9-10H2. The molecule has 0 aromatic heterocycles. The molecule has 0 saturated heterocycles. The molecule has 8 heteroatoms. The summed E-state index contributed by atoms with van der Waals surface area (Å²) in [6.45, 7) is -0.393. The fourth-order valence-electron chi connectivity index (χ4n) is 1.65. The maximum Gasteiger partial charge on any atom is 0.241 e. The van der Waals surface area contributed by atoms with E-state index in [1.54, 1.807) is 0 Å². The Balaban J connectivity index is 1.84. The highest BCUT2D eigenvalue weighted by Crippen LogP contribution is 2.17. The molecular formula is C16H12F3NO3S. The molecule has 0 heterocycles. The Labute approximate surface area is 137 Å². The van der Waals surface area contributed by atoms with Crippen molar-refractivity contribution in [3.63, 3.8) is 0 Å². The Morgan fingerprint density at radius 2 is 1.62 bits per heavy atom. The summed E-state index contributed by atoms with van der Waals surface area (Å²) >= 11 is 0. The second-order valence-electron chi connectivity index (χ2n) is 4.50. The van der Waals surface area contributed by atoms with Gasteiger partial charge >= 0.3 is 0 Å². The Morgan fingerprint density at radius 3 is 2.29 bits per heavy atom. The predicted molar refractivity (Wildman–Crippen MR) is 81.2 cm³/mol. The molecule has 4 nitrogen and oxygen atoms in total. The van der Waals surface area contributed by atoms with E-state index in [0.29, 0.717) is 6.07 Å². The SMILES string of the molecule is O=S(=O)(NCC#CCOc1ccc(F)cc1F)c1ccc(F)cc1. The second-order valence-corrected chi connectivity index (χ2v) is 6.26. The molecule has 0 bridgehead atoms. The summed E-state index contributed by atoms with van der Waals surface area (Å²) in [4.78, 5) is -0.0877. The van der Waals surface area contributed by atoms with E-state index >= 15 is 0 Å². The van der Waals surface area contributed by atoms with Crippen LogP contribution >= 0.6 is 0 Å². The van der Waals surface area contributed by atoms with Gasteiger partial charge in [0.25, 0.3) is 0 Å². The number of halogens is 3. The van der Waals surface area contributed by atoms with Crippen LogP contribution in [0.25, 0.3) is 0 Å². The lowest BCUT2D eigenvalue weighted by atomic mass is 10.3. The van der Waals surface area contributed by atoms with Crippen LogP contribution in [0.15, 0.2) is 47.4 Å². The summed E-state index contributed by atoms with van der Waals surface area (Å²) < 4.78 is 69.6. The smallest absolute Gasteiger partial charge is 0.241 e. The van der Waals surface area contributed by atoms with Crippen molar-refractivity contribution in [1.29, 1.82) is 0 Å². The third kappa shape index (κ3) is 5.01. The lowest BCUT2D eigenvalue weighted by molar-refractivity contribution is 0.346. The van der Waals surface area contributed by atoms with Gasteiger partial charge in [-0.15, -0.1) is 0 Å². The summed E-state index contributed by atoms with van der Waals surface area (Å²) in [5.74, 6) is 2.71. The molecule has 0 aliphatic rings. The van der Waals surface area contributed by atoms with Gasteiger partial charge < -0.3 is 4.74 Å². The van der Waals surface area contributed by atoms with Crippen LogP contribution in [0.5, 0.6) is 5.75 Å². The maximum absolute atomic E-state index is 13.3. The van der Waals surface area contributed by atoms with Crippen molar-refractivity contribution < 1.29 is 26.3 Å². The van der Waals surface area contributed by atoms with E-state index in [2.05, 4.69) is 16.6 Å². The number of hydrogen-bond donors (Lipinski definition) is 1. The monoisotopic (exact) mass is 355 g/mol. The topological polar surface area (TPSA) is 55.4 Å². The Kier molecular flexibility index (Phi) is 5.84. The molecule has 0 radical (unpaired) electrons. The average Bonchev–Trinajstić information content (AvgIpc) is 2.53. The largest absolute Gasteiger partial charge is 0.478 e. The van der Waals surface area contributed by atoms with E-state index in [4.69, 9.17) is 4.74 Å². The van der Waals surface area contributed by atoms with Crippen LogP contribution in [0.4, 0.5) is 13.2 Å². The van der Waals surface area contributed by atoms with Crippen molar-refractivity contribution in [3.05, 3.63) is 59.9 Å². The first-order valence-corrected chi connectivity index (χ1v) is 8.15. The summed E-state index contributed by atoms with van der Waals surface area (Å²) in [7, 11) is -3.79. The average molecular weight is 355 g/mol. The van der Waals surface area contributed by atoms with Crippen molar-refractivity contribution in [3.8, 4) is 17.6 Å². The van der Waals surface area contributed by atoms with Gasteiger partial charge in [-0.25, -0.2) is 21.6 Å². The minimum absolute atomic E-state index is 0.0877. The van der Waals surface area contributed by atoms with E-state index in [0.717, 1.165) is 36.4 Å². The summed E-state index contributed by atoms with van der Waals surface area (Å²) in [5.41, 5.74) is 0. The summed E-state index contributed by atoms with van der Waals surface area (Å²) in [6, 6.07) is 7.18. The Morgan fingerprint density at radius 1 is 0.958 bits per heavy atom. The van der Waals surface area contributed by atoms with E-state index in [-0.39, 0.29) is 23.8 Å². The fraction of sp³-hybridized carbons (Fsp3) is 0.125. The third-order valence-electron chi connectivity index (χ3n) is 2.79. The second kappa shape index (κ2) is 7.86. The van der Waals surface area contributed by atoms with Crippen molar-refractivity contribution in [2.24, 2.45) is 0 Å². The molecule has 2 rings (SSSR count). The number of benzene rings is 2. The molecule has 0 aliphatic heterocycles. The zero-order chi connectivity index (χ0) is 17.6. The van der Waals surface area contributed by atoms with Crippen molar-refractivity contribution >= 4 is 10.0 Å². The van der Waals surface area contributed by atoms with Crippen LogP contribution in [0, 0.1) is 29.3 Å². The van der Waals surface area contributed by atoms with E-state index < -0.39 is 27.5 Å². The van der Waals surface area contributed by atoms with Crippen LogP contribution in [0.3, 0.4) is 0 Å². The first kappa shape index (κ1) is 17.8. The summed E-state index contributed by atoms with van der Waals surface area (Å²) in [6.07, 6.45) is 0. The minimum Gasteiger partial charge on any atom is -0.478 e. The molecule has 0 aliphatic carbocycles. The molecule has 1 N–H and O–H groups in total. The zero-order valence-electron chi connectivity index (χ0n) is 12.2. The van der Waals surface area contributed by atoms with Crippen LogP contribution in [-0.4, -0.2) is 21.6 Å². The van der Waals surface area contributed by atoms with E-state index in [1.165, 1.54) is 0 Å². The normalized spacial score (nSPS) is 10.8. The molecule has 0 amide bonds. The highest BCUT2D eigenvalue weighted by atomic mass is 32.2. The molecule has 2 aromatic rings. The van der Waals surface area contributed by atoms with Gasteiger partial charge in [0, 0.05) is 6.07 Å². The van der Waals surface area contributed by atoms with E-state index in [9.17, 15) is 21.6 Å². The highest BCUT2D eigenvalue weighted by Gasteiger charge is 2.12.